The van der Waals surface area contributed by atoms with Gasteiger partial charge in [-0.3, -0.25) is 14.5 Å². The van der Waals surface area contributed by atoms with Gasteiger partial charge in [-0.15, -0.1) is 0 Å². The Morgan fingerprint density at radius 3 is 2.67 bits per heavy atom. The molecule has 2 aromatic rings. The van der Waals surface area contributed by atoms with Crippen LogP contribution in [-0.4, -0.2) is 42.5 Å². The van der Waals surface area contributed by atoms with Crippen molar-refractivity contribution in [1.82, 2.24) is 10.3 Å². The highest BCUT2D eigenvalue weighted by Crippen LogP contribution is 2.28. The van der Waals surface area contributed by atoms with Crippen molar-refractivity contribution in [3.05, 3.63) is 33.0 Å². The molecule has 2 amide bonds. The number of thiophene rings is 1. The number of carbonyl (C=O) groups is 3. The molecule has 0 aliphatic rings. The monoisotopic (exact) mass is 451 g/mol. The van der Waals surface area contributed by atoms with E-state index in [0.29, 0.717) is 53.8 Å². The summed E-state index contributed by atoms with van der Waals surface area (Å²) in [5.74, 6) is -0.589. The average Bonchev–Trinajstić information content (AvgIpc) is 3.38. The number of hydrogen-bond acceptors (Lipinski definition) is 7. The topological polar surface area (TPSA) is 88.6 Å². The van der Waals surface area contributed by atoms with E-state index in [4.69, 9.17) is 4.74 Å². The summed E-state index contributed by atoms with van der Waals surface area (Å²) >= 11 is 2.67. The molecule has 0 saturated heterocycles. The molecule has 164 valence electrons. The van der Waals surface area contributed by atoms with Crippen molar-refractivity contribution in [3.63, 3.8) is 0 Å². The molecule has 0 fully saturated rings. The Morgan fingerprint density at radius 1 is 1.20 bits per heavy atom. The van der Waals surface area contributed by atoms with Crippen LogP contribution in [0, 0.1) is 6.92 Å². The van der Waals surface area contributed by atoms with Crippen molar-refractivity contribution >= 4 is 45.6 Å². The summed E-state index contributed by atoms with van der Waals surface area (Å²) in [6, 6.07) is 1.77. The maximum Gasteiger partial charge on any atom is 0.350 e. The number of carbonyl (C=O) groups excluding carboxylic acids is 3. The number of nitrogens with one attached hydrogen (secondary N) is 1. The highest BCUT2D eigenvalue weighted by Gasteiger charge is 2.23. The lowest BCUT2D eigenvalue weighted by Gasteiger charge is -2.20. The van der Waals surface area contributed by atoms with Crippen molar-refractivity contribution in [2.45, 2.75) is 52.9 Å². The third-order valence-electron chi connectivity index (χ3n) is 4.40. The van der Waals surface area contributed by atoms with Gasteiger partial charge in [0.2, 0.25) is 5.91 Å². The number of ether oxygens (including phenoxy) is 1. The highest BCUT2D eigenvalue weighted by atomic mass is 32.1. The highest BCUT2D eigenvalue weighted by molar-refractivity contribution is 7.17. The van der Waals surface area contributed by atoms with E-state index in [-0.39, 0.29) is 11.8 Å². The first kappa shape index (κ1) is 24.0. The number of thiazole rings is 1. The lowest BCUT2D eigenvalue weighted by molar-refractivity contribution is -0.118. The molecule has 1 N–H and O–H groups in total. The molecule has 0 unspecified atom stereocenters. The number of esters is 1. The Labute approximate surface area is 185 Å². The van der Waals surface area contributed by atoms with Crippen molar-refractivity contribution in [2.75, 3.05) is 24.6 Å². The number of unbranched alkanes of at least 4 members (excludes halogenated alkanes) is 2. The van der Waals surface area contributed by atoms with Crippen LogP contribution in [0.2, 0.25) is 0 Å². The van der Waals surface area contributed by atoms with Gasteiger partial charge in [0.1, 0.15) is 4.88 Å². The lowest BCUT2D eigenvalue weighted by Crippen LogP contribution is -2.33. The van der Waals surface area contributed by atoms with Crippen LogP contribution in [0.5, 0.6) is 0 Å². The molecule has 7 nitrogen and oxygen atoms in total. The minimum Gasteiger partial charge on any atom is -0.462 e. The number of amides is 2. The number of hydrogen-bond donors (Lipinski definition) is 1. The summed E-state index contributed by atoms with van der Waals surface area (Å²) in [5, 5.41) is 7.01. The number of rotatable bonds is 12. The molecule has 0 aliphatic carbocycles. The van der Waals surface area contributed by atoms with Crippen LogP contribution in [0.3, 0.4) is 0 Å². The SMILES string of the molecule is CCCCCN(C(=O)CCCNC(=O)c1ccsc1)c1nc(C)c(C(=O)OCC)s1. The third-order valence-corrected chi connectivity index (χ3v) is 6.24. The van der Waals surface area contributed by atoms with Crippen LogP contribution in [0.1, 0.15) is 71.7 Å². The fourth-order valence-corrected chi connectivity index (χ4v) is 4.44. The molecule has 0 aromatic carbocycles. The first-order valence-corrected chi connectivity index (χ1v) is 12.0. The molecular formula is C21H29N3O4S2. The van der Waals surface area contributed by atoms with Crippen LogP contribution in [0.15, 0.2) is 16.8 Å². The Balaban J connectivity index is 1.97. The molecule has 0 radical (unpaired) electrons. The molecule has 30 heavy (non-hydrogen) atoms. The Bertz CT molecular complexity index is 833. The fourth-order valence-electron chi connectivity index (χ4n) is 2.80. The maximum absolute atomic E-state index is 12.9. The smallest absolute Gasteiger partial charge is 0.350 e. The van der Waals surface area contributed by atoms with Gasteiger partial charge in [0.05, 0.1) is 12.3 Å². The predicted octanol–water partition coefficient (Wildman–Crippen LogP) is 4.42. The summed E-state index contributed by atoms with van der Waals surface area (Å²) in [4.78, 5) is 43.5. The van der Waals surface area contributed by atoms with Crippen LogP contribution in [0.4, 0.5) is 5.13 Å². The van der Waals surface area contributed by atoms with Crippen LogP contribution in [-0.2, 0) is 9.53 Å². The van der Waals surface area contributed by atoms with Gasteiger partial charge in [-0.2, -0.15) is 11.3 Å². The second-order valence-corrected chi connectivity index (χ2v) is 8.51. The quantitative estimate of drug-likeness (QED) is 0.381. The van der Waals surface area contributed by atoms with Gasteiger partial charge in [-0.25, -0.2) is 9.78 Å². The average molecular weight is 452 g/mol. The first-order valence-electron chi connectivity index (χ1n) is 10.2. The number of aryl methyl sites for hydroxylation is 1. The normalized spacial score (nSPS) is 10.6. The summed E-state index contributed by atoms with van der Waals surface area (Å²) in [7, 11) is 0. The number of nitrogens with zero attached hydrogens (tertiary/aromatic N) is 2. The fraction of sp³-hybridized carbons (Fsp3) is 0.524. The zero-order valence-corrected chi connectivity index (χ0v) is 19.4. The second-order valence-electron chi connectivity index (χ2n) is 6.76. The molecule has 2 rings (SSSR count). The number of anilines is 1. The summed E-state index contributed by atoms with van der Waals surface area (Å²) in [6.07, 6.45) is 3.75. The molecule has 9 heteroatoms. The minimum absolute atomic E-state index is 0.0555. The van der Waals surface area contributed by atoms with Crippen LogP contribution in [0.25, 0.3) is 0 Å². The molecule has 2 aromatic heterocycles. The van der Waals surface area contributed by atoms with Crippen molar-refractivity contribution < 1.29 is 19.1 Å². The van der Waals surface area contributed by atoms with E-state index in [1.165, 1.54) is 22.7 Å². The Morgan fingerprint density at radius 2 is 2.00 bits per heavy atom. The first-order chi connectivity index (χ1) is 14.5. The van der Waals surface area contributed by atoms with E-state index in [2.05, 4.69) is 17.2 Å². The minimum atomic E-state index is -0.407. The molecule has 0 bridgehead atoms. The van der Waals surface area contributed by atoms with E-state index in [0.717, 1.165) is 19.3 Å². The van der Waals surface area contributed by atoms with E-state index >= 15 is 0 Å². The van der Waals surface area contributed by atoms with Gasteiger partial charge in [0.25, 0.3) is 5.91 Å². The van der Waals surface area contributed by atoms with Gasteiger partial charge in [-0.05, 0) is 38.1 Å². The van der Waals surface area contributed by atoms with E-state index in [1.807, 2.05) is 5.38 Å². The predicted molar refractivity (Wildman–Crippen MR) is 121 cm³/mol. The summed E-state index contributed by atoms with van der Waals surface area (Å²) in [5.41, 5.74) is 1.21. The van der Waals surface area contributed by atoms with Gasteiger partial charge in [0, 0.05) is 30.5 Å². The third kappa shape index (κ3) is 6.91. The zero-order chi connectivity index (χ0) is 21.9. The largest absolute Gasteiger partial charge is 0.462 e. The van der Waals surface area contributed by atoms with Crippen molar-refractivity contribution in [1.29, 1.82) is 0 Å². The Hall–Kier alpha value is -2.26. The zero-order valence-electron chi connectivity index (χ0n) is 17.7. The van der Waals surface area contributed by atoms with Crippen molar-refractivity contribution in [2.24, 2.45) is 0 Å². The van der Waals surface area contributed by atoms with E-state index in [9.17, 15) is 14.4 Å². The van der Waals surface area contributed by atoms with E-state index < -0.39 is 5.97 Å². The molecule has 0 saturated carbocycles. The maximum atomic E-state index is 12.9. The number of aromatic nitrogens is 1. The van der Waals surface area contributed by atoms with Gasteiger partial charge in [0.15, 0.2) is 5.13 Å². The van der Waals surface area contributed by atoms with Crippen LogP contribution >= 0.6 is 22.7 Å². The Kier molecular flexibility index (Phi) is 9.96. The van der Waals surface area contributed by atoms with Gasteiger partial charge >= 0.3 is 5.97 Å². The summed E-state index contributed by atoms with van der Waals surface area (Å²) in [6.45, 7) is 6.89. The lowest BCUT2D eigenvalue weighted by atomic mass is 10.2. The van der Waals surface area contributed by atoms with Gasteiger partial charge < -0.3 is 10.1 Å². The molecule has 0 atom stereocenters. The van der Waals surface area contributed by atoms with Crippen molar-refractivity contribution in [3.8, 4) is 0 Å². The van der Waals surface area contributed by atoms with Gasteiger partial charge in [-0.1, -0.05) is 31.1 Å². The molecular weight excluding hydrogens is 422 g/mol. The molecule has 2 heterocycles. The second kappa shape index (κ2) is 12.4. The summed E-state index contributed by atoms with van der Waals surface area (Å²) < 4.78 is 5.08. The standard InChI is InChI=1S/C21H29N3O4S2/c1-4-6-7-12-24(21-23-15(3)18(30-21)20(27)28-5-2)17(25)9-8-11-22-19(26)16-10-13-29-14-16/h10,13-14H,4-9,11-12H2,1-3H3,(H,22,26). The van der Waals surface area contributed by atoms with E-state index in [1.54, 1.807) is 30.2 Å². The van der Waals surface area contributed by atoms with Crippen LogP contribution < -0.4 is 10.2 Å². The molecule has 0 aliphatic heterocycles. The molecule has 0 spiro atoms.